The van der Waals surface area contributed by atoms with Crippen LogP contribution in [0.3, 0.4) is 0 Å². The molecule has 0 spiro atoms. The summed E-state index contributed by atoms with van der Waals surface area (Å²) in [5.41, 5.74) is 8.36. The molecule has 0 N–H and O–H groups in total. The van der Waals surface area contributed by atoms with Gasteiger partial charge in [0.1, 0.15) is 5.58 Å². The van der Waals surface area contributed by atoms with E-state index in [1.807, 2.05) is 84.9 Å². The zero-order valence-electron chi connectivity index (χ0n) is 24.8. The van der Waals surface area contributed by atoms with Crippen LogP contribution in [0.15, 0.2) is 144 Å². The van der Waals surface area contributed by atoms with Crippen molar-refractivity contribution in [2.75, 3.05) is 0 Å². The van der Waals surface area contributed by atoms with E-state index < -0.39 is 0 Å². The van der Waals surface area contributed by atoms with Gasteiger partial charge in [0.05, 0.1) is 16.9 Å². The van der Waals surface area contributed by atoms with Crippen LogP contribution in [0.4, 0.5) is 0 Å². The van der Waals surface area contributed by atoms with E-state index in [0.717, 1.165) is 72.1 Å². The van der Waals surface area contributed by atoms with Crippen molar-refractivity contribution in [3.63, 3.8) is 0 Å². The van der Waals surface area contributed by atoms with Crippen molar-refractivity contribution >= 4 is 43.9 Å². The van der Waals surface area contributed by atoms with Gasteiger partial charge < -0.3 is 14.0 Å². The Balaban J connectivity index is 0.000000220. The molecule has 0 amide bonds. The van der Waals surface area contributed by atoms with Crippen molar-refractivity contribution in [2.45, 2.75) is 6.92 Å². The second kappa shape index (κ2) is 12.5. The quantitative estimate of drug-likeness (QED) is 0.168. The third-order valence-electron chi connectivity index (χ3n) is 7.97. The molecule has 9 rings (SSSR count). The number of nitrogens with zero attached hydrogens (tertiary/aromatic N) is 4. The SMILES string of the molecule is Cc1ccnc2nc(-c3[c-]ccc4c3oc3c5ccccc5ccc43)n(-c3ccccc3)c12.[Ir].[c-]1ccccc1-c1ccccn1. The predicted molar refractivity (Wildman–Crippen MR) is 181 cm³/mol. The van der Waals surface area contributed by atoms with E-state index in [0.29, 0.717) is 5.65 Å². The second-order valence-electron chi connectivity index (χ2n) is 10.8. The number of imidazole rings is 1. The molecule has 0 bridgehead atoms. The molecule has 4 heterocycles. The van der Waals surface area contributed by atoms with Crippen molar-refractivity contribution in [1.82, 2.24) is 19.5 Å². The van der Waals surface area contributed by atoms with Gasteiger partial charge in [-0.25, -0.2) is 4.98 Å². The van der Waals surface area contributed by atoms with Gasteiger partial charge in [0.25, 0.3) is 0 Å². The summed E-state index contributed by atoms with van der Waals surface area (Å²) in [6.07, 6.45) is 3.59. The van der Waals surface area contributed by atoms with Crippen LogP contribution in [-0.4, -0.2) is 19.5 Å². The Morgan fingerprint density at radius 2 is 1.43 bits per heavy atom. The van der Waals surface area contributed by atoms with Crippen molar-refractivity contribution in [2.24, 2.45) is 0 Å². The number of hydrogen-bond donors (Lipinski definition) is 0. The van der Waals surface area contributed by atoms with E-state index in [1.54, 1.807) is 12.4 Å². The van der Waals surface area contributed by atoms with Gasteiger partial charge in [-0.2, -0.15) is 0 Å². The maximum absolute atomic E-state index is 6.56. The molecule has 0 aliphatic carbocycles. The van der Waals surface area contributed by atoms with Gasteiger partial charge in [0.2, 0.25) is 0 Å². The molecular formula is C40H26IrN4O-2. The standard InChI is InChI=1S/C29H18N3O.C11H8N.Ir/c1-18-16-17-30-28-25(18)32(20-9-3-2-4-10-20)29(31-28)24-13-7-12-22-23-15-14-19-8-5-6-11-21(19)26(23)33-27(22)24;1-2-6-10(7-3-1)11-8-4-5-9-12-11;/h2-12,14-17H,1H3;1-6,8-9H;/q2*-1;. The topological polar surface area (TPSA) is 56.7 Å². The van der Waals surface area contributed by atoms with Gasteiger partial charge in [0, 0.05) is 49.0 Å². The number of aromatic nitrogens is 4. The molecule has 5 aromatic carbocycles. The molecule has 4 aromatic heterocycles. The minimum atomic E-state index is 0. The zero-order chi connectivity index (χ0) is 30.2. The van der Waals surface area contributed by atoms with Gasteiger partial charge >= 0.3 is 0 Å². The first-order chi connectivity index (χ1) is 22.3. The molecule has 0 atom stereocenters. The summed E-state index contributed by atoms with van der Waals surface area (Å²) in [4.78, 5) is 13.7. The number of para-hydroxylation sites is 1. The smallest absolute Gasteiger partial charge is 0.168 e. The van der Waals surface area contributed by atoms with Crippen molar-refractivity contribution in [3.05, 3.63) is 157 Å². The van der Waals surface area contributed by atoms with E-state index >= 15 is 0 Å². The maximum Gasteiger partial charge on any atom is 0.168 e. The molecule has 1 radical (unpaired) electrons. The number of fused-ring (bicyclic) bond motifs is 6. The molecule has 223 valence electrons. The predicted octanol–water partition coefficient (Wildman–Crippen LogP) is 9.79. The third kappa shape index (κ3) is 5.18. The molecule has 0 fully saturated rings. The molecule has 0 saturated carbocycles. The normalized spacial score (nSPS) is 11.0. The summed E-state index contributed by atoms with van der Waals surface area (Å²) in [5.74, 6) is 0.770. The first kappa shape index (κ1) is 29.3. The molecule has 5 nitrogen and oxygen atoms in total. The van der Waals surface area contributed by atoms with Crippen LogP contribution < -0.4 is 0 Å². The van der Waals surface area contributed by atoms with E-state index in [-0.39, 0.29) is 20.1 Å². The Morgan fingerprint density at radius 1 is 0.630 bits per heavy atom. The number of furan rings is 1. The third-order valence-corrected chi connectivity index (χ3v) is 7.97. The molecule has 0 aliphatic heterocycles. The van der Waals surface area contributed by atoms with Gasteiger partial charge in [-0.3, -0.25) is 4.98 Å². The minimum absolute atomic E-state index is 0. The average molecular weight is 771 g/mol. The molecule has 0 unspecified atom stereocenters. The molecular weight excluding hydrogens is 745 g/mol. The summed E-state index contributed by atoms with van der Waals surface area (Å²) < 4.78 is 8.72. The molecule has 0 saturated heterocycles. The Kier molecular flexibility index (Phi) is 7.98. The van der Waals surface area contributed by atoms with Gasteiger partial charge in [-0.1, -0.05) is 77.7 Å². The van der Waals surface area contributed by atoms with Crippen molar-refractivity contribution in [3.8, 4) is 28.3 Å². The van der Waals surface area contributed by atoms with Gasteiger partial charge in [-0.05, 0) is 47.8 Å². The molecule has 6 heteroatoms. The minimum Gasteiger partial charge on any atom is -0.500 e. The van der Waals surface area contributed by atoms with Crippen molar-refractivity contribution in [1.29, 1.82) is 0 Å². The van der Waals surface area contributed by atoms with Crippen LogP contribution in [0, 0.1) is 19.1 Å². The Labute approximate surface area is 279 Å². The van der Waals surface area contributed by atoms with E-state index in [1.165, 1.54) is 0 Å². The summed E-state index contributed by atoms with van der Waals surface area (Å²) in [7, 11) is 0. The fraction of sp³-hybridized carbons (Fsp3) is 0.0250. The average Bonchev–Trinajstić information content (AvgIpc) is 3.70. The van der Waals surface area contributed by atoms with Gasteiger partial charge in [-0.15, -0.1) is 54.1 Å². The Hall–Kier alpha value is -5.42. The Bertz CT molecular complexity index is 2400. The van der Waals surface area contributed by atoms with E-state index in [2.05, 4.69) is 76.1 Å². The van der Waals surface area contributed by atoms with Crippen LogP contribution in [0.25, 0.3) is 72.2 Å². The number of pyridine rings is 2. The second-order valence-corrected chi connectivity index (χ2v) is 10.8. The monoisotopic (exact) mass is 771 g/mol. The van der Waals surface area contributed by atoms with Crippen LogP contribution in [-0.2, 0) is 20.1 Å². The largest absolute Gasteiger partial charge is 0.500 e. The zero-order valence-corrected chi connectivity index (χ0v) is 27.2. The number of rotatable bonds is 3. The number of benzene rings is 5. The fourth-order valence-electron chi connectivity index (χ4n) is 5.86. The van der Waals surface area contributed by atoms with E-state index in [9.17, 15) is 0 Å². The molecule has 9 aromatic rings. The van der Waals surface area contributed by atoms with Crippen molar-refractivity contribution < 1.29 is 24.5 Å². The van der Waals surface area contributed by atoms with Crippen LogP contribution in [0.5, 0.6) is 0 Å². The molecule has 0 aliphatic rings. The first-order valence-corrected chi connectivity index (χ1v) is 14.8. The van der Waals surface area contributed by atoms with Crippen LogP contribution >= 0.6 is 0 Å². The van der Waals surface area contributed by atoms with E-state index in [4.69, 9.17) is 9.40 Å². The summed E-state index contributed by atoms with van der Waals surface area (Å²) in [6.45, 7) is 2.09. The summed E-state index contributed by atoms with van der Waals surface area (Å²) >= 11 is 0. The maximum atomic E-state index is 6.56. The van der Waals surface area contributed by atoms with Crippen LogP contribution in [0.1, 0.15) is 5.56 Å². The number of hydrogen-bond acceptors (Lipinski definition) is 4. The first-order valence-electron chi connectivity index (χ1n) is 14.8. The molecule has 46 heavy (non-hydrogen) atoms. The summed E-state index contributed by atoms with van der Waals surface area (Å²) in [5, 5.41) is 4.41. The fourth-order valence-corrected chi connectivity index (χ4v) is 5.86. The summed E-state index contributed by atoms with van der Waals surface area (Å²) in [6, 6.07) is 49.1. The van der Waals surface area contributed by atoms with Crippen LogP contribution in [0.2, 0.25) is 0 Å². The Morgan fingerprint density at radius 3 is 2.26 bits per heavy atom. The number of aryl methyl sites for hydroxylation is 1. The van der Waals surface area contributed by atoms with Gasteiger partial charge in [0.15, 0.2) is 5.65 Å².